The molecule has 0 fully saturated rings. The Labute approximate surface area is 395 Å². The lowest BCUT2D eigenvalue weighted by atomic mass is 9.87. The van der Waals surface area contributed by atoms with Gasteiger partial charge in [-0.25, -0.2) is 9.59 Å². The van der Waals surface area contributed by atoms with Gasteiger partial charge in [0.15, 0.2) is 0 Å². The number of allylic oxidation sites excluding steroid dienone is 1. The fourth-order valence-electron chi connectivity index (χ4n) is 9.64. The first-order valence-corrected chi connectivity index (χ1v) is 23.0. The van der Waals surface area contributed by atoms with Gasteiger partial charge >= 0.3 is 12.1 Å². The van der Waals surface area contributed by atoms with E-state index in [0.717, 1.165) is 60.5 Å². The molecule has 13 heteroatoms. The van der Waals surface area contributed by atoms with Gasteiger partial charge in [0.1, 0.15) is 36.2 Å². The van der Waals surface area contributed by atoms with Crippen molar-refractivity contribution in [2.75, 3.05) is 34.5 Å². The van der Waals surface area contributed by atoms with Gasteiger partial charge in [0.25, 0.3) is 0 Å². The summed E-state index contributed by atoms with van der Waals surface area (Å²) in [7, 11) is 4.46. The lowest BCUT2D eigenvalue weighted by molar-refractivity contribution is -0.145. The Morgan fingerprint density at radius 1 is 0.691 bits per heavy atom. The van der Waals surface area contributed by atoms with Crippen molar-refractivity contribution in [2.45, 2.75) is 69.5 Å². The number of carbonyl (C=O) groups is 5. The number of alkyl carbamates (subject to hydrolysis) is 1. The Balaban J connectivity index is 1.06. The topological polar surface area (TPSA) is 170 Å². The highest BCUT2D eigenvalue weighted by Gasteiger charge is 2.32. The van der Waals surface area contributed by atoms with E-state index >= 15 is 0 Å². The highest BCUT2D eigenvalue weighted by molar-refractivity contribution is 6.11. The fraction of sp³-hybridized carbons (Fsp3) is 0.291. The number of amides is 4. The molecule has 6 aromatic rings. The van der Waals surface area contributed by atoms with Crippen LogP contribution in [0.1, 0.15) is 60.8 Å². The number of carbonyl (C=O) groups excluding carboxylic acids is 5. The number of fused-ring (bicyclic) bond motifs is 12. The van der Waals surface area contributed by atoms with Crippen LogP contribution in [0, 0.1) is 0 Å². The van der Waals surface area contributed by atoms with Crippen molar-refractivity contribution >= 4 is 51.3 Å². The van der Waals surface area contributed by atoms with Gasteiger partial charge in [0.2, 0.25) is 17.7 Å². The Hall–Kier alpha value is -7.67. The van der Waals surface area contributed by atoms with Crippen LogP contribution in [0.5, 0.6) is 11.5 Å². The van der Waals surface area contributed by atoms with Crippen molar-refractivity contribution in [1.29, 1.82) is 0 Å². The SMILES string of the molecule is COC(=O)[C@@H]1C/C=C\Cc2cc3ccccc3c(c2OC)-c2c(OC)c(cc3ccccc23)CC(NC(C)=O)C(=O)N[C@@H](CCCCNC(=O)OCC2c3ccccc3-c3ccccc32)C(=O)N1. The Morgan fingerprint density at radius 2 is 1.28 bits per heavy atom. The van der Waals surface area contributed by atoms with Crippen molar-refractivity contribution in [3.8, 4) is 33.8 Å². The van der Waals surface area contributed by atoms with Crippen molar-refractivity contribution in [3.05, 3.63) is 144 Å². The second-order valence-electron chi connectivity index (χ2n) is 17.1. The molecule has 0 aromatic heterocycles. The quantitative estimate of drug-likeness (QED) is 0.0570. The van der Waals surface area contributed by atoms with Gasteiger partial charge in [-0.2, -0.15) is 0 Å². The number of benzene rings is 6. The molecule has 350 valence electrons. The van der Waals surface area contributed by atoms with Crippen molar-refractivity contribution < 1.29 is 42.9 Å². The molecule has 68 heavy (non-hydrogen) atoms. The van der Waals surface area contributed by atoms with Crippen molar-refractivity contribution in [2.24, 2.45) is 0 Å². The standard InChI is InChI=1S/C55H56N4O9/c1-33(60)57-47-31-37-30-35-18-6-9-21-39(35)49(51(37)66-3)48-38-20-8-5-17-34(38)29-36(50(48)65-2)19-7-14-27-46(54(63)67-4)59-52(61)45(58-53(47)62)26-15-16-28-56-55(64)68-32-44-42-24-12-10-22-40(42)41-23-11-13-25-43(41)44/h5-14,17-18,20-25,29-30,44-47H,15-16,19,26-28,31-32H2,1-4H3,(H,56,64)(H,57,60)(H,58,62)(H,59,61)/b14-7-/t45-,46-,47?/m0/s1. The molecule has 13 nitrogen and oxygen atoms in total. The Bertz CT molecular complexity index is 2870. The second kappa shape index (κ2) is 21.3. The van der Waals surface area contributed by atoms with Crippen LogP contribution in [0.3, 0.4) is 0 Å². The van der Waals surface area contributed by atoms with Crippen LogP contribution in [0.2, 0.25) is 0 Å². The van der Waals surface area contributed by atoms with Crippen LogP contribution in [-0.2, 0) is 41.5 Å². The summed E-state index contributed by atoms with van der Waals surface area (Å²) in [6.45, 7) is 1.74. The normalized spacial score (nSPS) is 17.6. The minimum absolute atomic E-state index is 0.00171. The molecule has 6 aromatic carbocycles. The van der Waals surface area contributed by atoms with E-state index in [4.69, 9.17) is 18.9 Å². The third kappa shape index (κ3) is 10.0. The highest BCUT2D eigenvalue weighted by atomic mass is 16.5. The van der Waals surface area contributed by atoms with Crippen LogP contribution in [-0.4, -0.2) is 82.4 Å². The lowest BCUT2D eigenvalue weighted by Gasteiger charge is -2.26. The fourth-order valence-corrected chi connectivity index (χ4v) is 9.64. The number of hydrogen-bond acceptors (Lipinski definition) is 9. The molecular formula is C55H56N4O9. The number of ether oxygens (including phenoxy) is 4. The maximum atomic E-state index is 14.5. The molecule has 1 aliphatic carbocycles. The maximum Gasteiger partial charge on any atom is 0.407 e. The van der Waals surface area contributed by atoms with Gasteiger partial charge in [-0.15, -0.1) is 0 Å². The molecule has 0 radical (unpaired) electrons. The van der Waals surface area contributed by atoms with Crippen LogP contribution in [0.25, 0.3) is 43.8 Å². The molecule has 1 unspecified atom stereocenters. The van der Waals surface area contributed by atoms with Gasteiger partial charge in [0.05, 0.1) is 21.3 Å². The summed E-state index contributed by atoms with van der Waals surface area (Å²) in [5.74, 6) is -1.29. The minimum atomic E-state index is -1.15. The summed E-state index contributed by atoms with van der Waals surface area (Å²) in [4.78, 5) is 67.7. The van der Waals surface area contributed by atoms with Gasteiger partial charge in [-0.05, 0) is 99.2 Å². The third-order valence-corrected chi connectivity index (χ3v) is 12.8. The van der Waals surface area contributed by atoms with Gasteiger partial charge in [0, 0.05) is 36.9 Å². The van der Waals surface area contributed by atoms with E-state index in [1.807, 2.05) is 91.0 Å². The number of esters is 1. The Kier molecular flexibility index (Phi) is 14.7. The summed E-state index contributed by atoms with van der Waals surface area (Å²) in [6, 6.07) is 32.8. The summed E-state index contributed by atoms with van der Waals surface area (Å²) in [6.07, 6.45) is 4.68. The molecule has 8 rings (SSSR count). The Morgan fingerprint density at radius 3 is 1.90 bits per heavy atom. The van der Waals surface area contributed by atoms with Gasteiger partial charge < -0.3 is 40.2 Å². The molecule has 1 heterocycles. The maximum absolute atomic E-state index is 14.5. The van der Waals surface area contributed by atoms with E-state index in [-0.39, 0.29) is 38.3 Å². The number of nitrogens with one attached hydrogen (secondary N) is 4. The lowest BCUT2D eigenvalue weighted by Crippen LogP contribution is -2.56. The van der Waals surface area contributed by atoms with Crippen molar-refractivity contribution in [1.82, 2.24) is 21.3 Å². The summed E-state index contributed by atoms with van der Waals surface area (Å²) in [5, 5.41) is 15.0. The van der Waals surface area contributed by atoms with Crippen LogP contribution in [0.15, 0.2) is 121 Å². The smallest absolute Gasteiger partial charge is 0.407 e. The van der Waals surface area contributed by atoms with Crippen LogP contribution >= 0.6 is 0 Å². The molecule has 2 aliphatic rings. The van der Waals surface area contributed by atoms with Gasteiger partial charge in [-0.1, -0.05) is 109 Å². The number of unbranched alkanes of at least 4 members (excludes halogenated alkanes) is 1. The molecule has 0 saturated carbocycles. The third-order valence-electron chi connectivity index (χ3n) is 12.8. The van der Waals surface area contributed by atoms with Crippen LogP contribution in [0.4, 0.5) is 4.79 Å². The first-order valence-electron chi connectivity index (χ1n) is 23.0. The molecular weight excluding hydrogens is 861 g/mol. The largest absolute Gasteiger partial charge is 0.496 e. The zero-order chi connectivity index (χ0) is 47.7. The molecule has 0 saturated heterocycles. The molecule has 3 atom stereocenters. The molecule has 4 bridgehead atoms. The zero-order valence-corrected chi connectivity index (χ0v) is 38.7. The van der Waals surface area contributed by atoms with Crippen LogP contribution < -0.4 is 30.7 Å². The summed E-state index contributed by atoms with van der Waals surface area (Å²) >= 11 is 0. The van der Waals surface area contributed by atoms with E-state index in [9.17, 15) is 24.0 Å². The highest BCUT2D eigenvalue weighted by Crippen LogP contribution is 2.49. The van der Waals surface area contributed by atoms with Crippen molar-refractivity contribution in [3.63, 3.8) is 0 Å². The number of rotatable bonds is 11. The molecule has 4 N–H and O–H groups in total. The number of methoxy groups -OCH3 is 3. The molecule has 0 spiro atoms. The van der Waals surface area contributed by atoms with Gasteiger partial charge in [-0.3, -0.25) is 14.4 Å². The number of hydrogen-bond donors (Lipinski definition) is 4. The average molecular weight is 917 g/mol. The summed E-state index contributed by atoms with van der Waals surface area (Å²) < 4.78 is 23.4. The monoisotopic (exact) mass is 916 g/mol. The predicted octanol–water partition coefficient (Wildman–Crippen LogP) is 8.08. The van der Waals surface area contributed by atoms with E-state index in [0.29, 0.717) is 36.3 Å². The average Bonchev–Trinajstić information content (AvgIpc) is 3.67. The van der Waals surface area contributed by atoms with E-state index < -0.39 is 47.9 Å². The molecule has 4 amide bonds. The van der Waals surface area contributed by atoms with E-state index in [1.165, 1.54) is 14.0 Å². The van der Waals surface area contributed by atoms with E-state index in [1.54, 1.807) is 14.2 Å². The second-order valence-corrected chi connectivity index (χ2v) is 17.1. The predicted molar refractivity (Wildman–Crippen MR) is 262 cm³/mol. The first-order chi connectivity index (χ1) is 33.1. The zero-order valence-electron chi connectivity index (χ0n) is 38.7. The minimum Gasteiger partial charge on any atom is -0.496 e. The molecule has 1 aliphatic heterocycles. The first kappa shape index (κ1) is 46.8. The summed E-state index contributed by atoms with van der Waals surface area (Å²) in [5.41, 5.74) is 7.56. The van der Waals surface area contributed by atoms with E-state index in [2.05, 4.69) is 51.6 Å².